The lowest BCUT2D eigenvalue weighted by atomic mass is 10.00. The molecule has 0 bridgehead atoms. The maximum atomic E-state index is 12.7. The van der Waals surface area contributed by atoms with Gasteiger partial charge >= 0.3 is 6.03 Å². The summed E-state index contributed by atoms with van der Waals surface area (Å²) in [6.07, 6.45) is 1.79. The number of fused-ring (bicyclic) bond motifs is 1. The molecule has 0 atom stereocenters. The molecule has 1 fully saturated rings. The number of nitrogens with zero attached hydrogens (tertiary/aromatic N) is 5. The highest BCUT2D eigenvalue weighted by Gasteiger charge is 2.32. The van der Waals surface area contributed by atoms with E-state index in [1.54, 1.807) is 9.58 Å². The Morgan fingerprint density at radius 3 is 2.80 bits per heavy atom. The Kier molecular flexibility index (Phi) is 4.96. The second-order valence-electron chi connectivity index (χ2n) is 7.74. The Bertz CT molecular complexity index is 1040. The van der Waals surface area contributed by atoms with E-state index in [0.717, 1.165) is 42.9 Å². The van der Waals surface area contributed by atoms with Gasteiger partial charge in [0.15, 0.2) is 11.5 Å². The molecule has 9 nitrogen and oxygen atoms in total. The number of carbonyl (C=O) groups is 1. The van der Waals surface area contributed by atoms with Crippen LogP contribution in [0.3, 0.4) is 0 Å². The fraction of sp³-hybridized carbons (Fsp3) is 0.429. The lowest BCUT2D eigenvalue weighted by molar-refractivity contribution is 0.0830. The van der Waals surface area contributed by atoms with E-state index >= 15 is 0 Å². The molecule has 5 rings (SSSR count). The molecule has 1 saturated heterocycles. The summed E-state index contributed by atoms with van der Waals surface area (Å²) in [5.41, 5.74) is 3.69. The number of urea groups is 1. The van der Waals surface area contributed by atoms with Gasteiger partial charge in [-0.05, 0) is 18.4 Å². The summed E-state index contributed by atoms with van der Waals surface area (Å²) < 4.78 is 12.8. The van der Waals surface area contributed by atoms with Crippen molar-refractivity contribution in [1.82, 2.24) is 30.1 Å². The molecule has 156 valence electrons. The average molecular weight is 408 g/mol. The molecule has 1 N–H and O–H groups in total. The molecule has 0 radical (unpaired) electrons. The second-order valence-corrected chi connectivity index (χ2v) is 7.74. The van der Waals surface area contributed by atoms with Crippen molar-refractivity contribution < 1.29 is 14.1 Å². The number of nitrogens with one attached hydrogen (secondary N) is 1. The number of aryl methyl sites for hydroxylation is 1. The van der Waals surface area contributed by atoms with Crippen LogP contribution in [0.15, 0.2) is 34.9 Å². The van der Waals surface area contributed by atoms with Gasteiger partial charge in [0.25, 0.3) is 5.89 Å². The predicted molar refractivity (Wildman–Crippen MR) is 107 cm³/mol. The number of hydrogen-bond acceptors (Lipinski definition) is 6. The molecule has 4 heterocycles. The number of benzene rings is 1. The summed E-state index contributed by atoms with van der Waals surface area (Å²) >= 11 is 0. The first-order valence-electron chi connectivity index (χ1n) is 10.2. The van der Waals surface area contributed by atoms with Crippen molar-refractivity contribution in [1.29, 1.82) is 0 Å². The van der Waals surface area contributed by atoms with E-state index in [1.807, 2.05) is 37.4 Å². The summed E-state index contributed by atoms with van der Waals surface area (Å²) in [7, 11) is 1.88. The lowest BCUT2D eigenvalue weighted by Crippen LogP contribution is -2.36. The highest BCUT2D eigenvalue weighted by molar-refractivity contribution is 5.75. The molecule has 0 spiro atoms. The smallest absolute Gasteiger partial charge is 0.318 e. The molecule has 9 heteroatoms. The standard InChI is InChI=1S/C21H24N6O3/c1-26-17-13-27(21(28)22-11-14-5-3-2-4-6-14)12-16(17)18(24-26)20-23-19(25-30-20)15-7-9-29-10-8-15/h2-6,15H,7-13H2,1H3,(H,22,28). The van der Waals surface area contributed by atoms with E-state index < -0.39 is 0 Å². The third-order valence-corrected chi connectivity index (χ3v) is 5.77. The summed E-state index contributed by atoms with van der Waals surface area (Å²) in [5.74, 6) is 1.39. The van der Waals surface area contributed by atoms with Gasteiger partial charge in [0.05, 0.1) is 18.8 Å². The molecule has 2 aliphatic heterocycles. The minimum Gasteiger partial charge on any atom is -0.381 e. The van der Waals surface area contributed by atoms with Crippen molar-refractivity contribution in [2.24, 2.45) is 7.05 Å². The van der Waals surface area contributed by atoms with Crippen LogP contribution in [0.2, 0.25) is 0 Å². The Morgan fingerprint density at radius 1 is 1.20 bits per heavy atom. The van der Waals surface area contributed by atoms with Crippen molar-refractivity contribution >= 4 is 6.03 Å². The first-order valence-corrected chi connectivity index (χ1v) is 10.2. The number of carbonyl (C=O) groups excluding carboxylic acids is 1. The molecule has 2 aliphatic rings. The fourth-order valence-electron chi connectivity index (χ4n) is 4.05. The van der Waals surface area contributed by atoms with Crippen LogP contribution in [0.4, 0.5) is 4.79 Å². The first kappa shape index (κ1) is 18.8. The van der Waals surface area contributed by atoms with E-state index in [-0.39, 0.29) is 11.9 Å². The van der Waals surface area contributed by atoms with Crippen LogP contribution in [0.25, 0.3) is 11.6 Å². The molecular weight excluding hydrogens is 384 g/mol. The molecule has 2 amide bonds. The predicted octanol–water partition coefficient (Wildman–Crippen LogP) is 2.59. The zero-order valence-electron chi connectivity index (χ0n) is 16.9. The van der Waals surface area contributed by atoms with Gasteiger partial charge in [0.2, 0.25) is 0 Å². The molecule has 1 aromatic carbocycles. The highest BCUT2D eigenvalue weighted by Crippen LogP contribution is 2.33. The quantitative estimate of drug-likeness (QED) is 0.713. The molecule has 0 unspecified atom stereocenters. The monoisotopic (exact) mass is 408 g/mol. The Balaban J connectivity index is 1.29. The van der Waals surface area contributed by atoms with Crippen molar-refractivity contribution in [3.05, 3.63) is 53.0 Å². The summed E-state index contributed by atoms with van der Waals surface area (Å²) in [5, 5.41) is 11.8. The zero-order valence-corrected chi connectivity index (χ0v) is 16.9. The van der Waals surface area contributed by atoms with Crippen LogP contribution in [0, 0.1) is 0 Å². The molecule has 0 saturated carbocycles. The van der Waals surface area contributed by atoms with E-state index in [9.17, 15) is 4.79 Å². The number of rotatable bonds is 4. The van der Waals surface area contributed by atoms with E-state index in [2.05, 4.69) is 20.6 Å². The van der Waals surface area contributed by atoms with E-state index in [1.165, 1.54) is 0 Å². The minimum absolute atomic E-state index is 0.102. The largest absolute Gasteiger partial charge is 0.381 e. The topological polar surface area (TPSA) is 98.3 Å². The SMILES string of the molecule is Cn1nc(-c2nc(C3CCOCC3)no2)c2c1CN(C(=O)NCc1ccccc1)C2. The van der Waals surface area contributed by atoms with Crippen molar-refractivity contribution in [3.8, 4) is 11.6 Å². The second kappa shape index (κ2) is 7.91. The van der Waals surface area contributed by atoms with Crippen LogP contribution >= 0.6 is 0 Å². The Labute approximate surface area is 174 Å². The van der Waals surface area contributed by atoms with Crippen molar-refractivity contribution in [3.63, 3.8) is 0 Å². The molecule has 2 aromatic heterocycles. The van der Waals surface area contributed by atoms with Crippen LogP contribution in [-0.2, 0) is 31.4 Å². The molecule has 3 aromatic rings. The van der Waals surface area contributed by atoms with Crippen LogP contribution < -0.4 is 5.32 Å². The zero-order chi connectivity index (χ0) is 20.5. The minimum atomic E-state index is -0.102. The van der Waals surface area contributed by atoms with Crippen LogP contribution in [-0.4, -0.2) is 44.1 Å². The Morgan fingerprint density at radius 2 is 2.00 bits per heavy atom. The third-order valence-electron chi connectivity index (χ3n) is 5.77. The van der Waals surface area contributed by atoms with Gasteiger partial charge in [-0.3, -0.25) is 4.68 Å². The molecule has 30 heavy (non-hydrogen) atoms. The number of aromatic nitrogens is 4. The van der Waals surface area contributed by atoms with E-state index in [4.69, 9.17) is 9.26 Å². The van der Waals surface area contributed by atoms with Gasteiger partial charge in [-0.2, -0.15) is 10.1 Å². The number of ether oxygens (including phenoxy) is 1. The number of hydrogen-bond donors (Lipinski definition) is 1. The maximum absolute atomic E-state index is 12.7. The van der Waals surface area contributed by atoms with Crippen LogP contribution in [0.1, 0.15) is 41.4 Å². The summed E-state index contributed by atoms with van der Waals surface area (Å²) in [6, 6.07) is 9.77. The highest BCUT2D eigenvalue weighted by atomic mass is 16.5. The van der Waals surface area contributed by atoms with Crippen molar-refractivity contribution in [2.45, 2.75) is 38.4 Å². The van der Waals surface area contributed by atoms with Crippen molar-refractivity contribution in [2.75, 3.05) is 13.2 Å². The van der Waals surface area contributed by atoms with Gasteiger partial charge in [-0.15, -0.1) is 0 Å². The first-order chi connectivity index (χ1) is 14.7. The van der Waals surface area contributed by atoms with Gasteiger partial charge in [0, 0.05) is 38.3 Å². The Hall–Kier alpha value is -3.20. The summed E-state index contributed by atoms with van der Waals surface area (Å²) in [4.78, 5) is 19.1. The molecule has 0 aliphatic carbocycles. The maximum Gasteiger partial charge on any atom is 0.318 e. The third kappa shape index (κ3) is 3.56. The number of amides is 2. The van der Waals surface area contributed by atoms with Gasteiger partial charge in [-0.25, -0.2) is 4.79 Å². The van der Waals surface area contributed by atoms with Gasteiger partial charge in [0.1, 0.15) is 0 Å². The average Bonchev–Trinajstić information content (AvgIpc) is 3.50. The molecular formula is C21H24N6O3. The fourth-order valence-corrected chi connectivity index (χ4v) is 4.05. The normalized spacial score (nSPS) is 16.6. The lowest BCUT2D eigenvalue weighted by Gasteiger charge is -2.18. The van der Waals surface area contributed by atoms with Gasteiger partial charge in [-0.1, -0.05) is 35.5 Å². The van der Waals surface area contributed by atoms with Crippen LogP contribution in [0.5, 0.6) is 0 Å². The van der Waals surface area contributed by atoms with Gasteiger partial charge < -0.3 is 19.5 Å². The summed E-state index contributed by atoms with van der Waals surface area (Å²) in [6.45, 7) is 2.91. The van der Waals surface area contributed by atoms with E-state index in [0.29, 0.717) is 37.0 Å².